The average Bonchev–Trinajstić information content (AvgIpc) is 2.35. The first kappa shape index (κ1) is 14.6. The number of halogens is 1. The molecule has 2 N–H and O–H groups in total. The predicted octanol–water partition coefficient (Wildman–Crippen LogP) is 2.21. The molecular formula is C13H17FN2OS. The zero-order valence-electron chi connectivity index (χ0n) is 10.5. The third-order valence-corrected chi connectivity index (χ3v) is 3.14. The summed E-state index contributed by atoms with van der Waals surface area (Å²) < 4.78 is 12.8. The van der Waals surface area contributed by atoms with Crippen molar-refractivity contribution >= 4 is 23.1 Å². The monoisotopic (exact) mass is 268 g/mol. The second-order valence-corrected chi connectivity index (χ2v) is 4.63. The number of benzene rings is 1. The normalized spacial score (nSPS) is 11.9. The van der Waals surface area contributed by atoms with Gasteiger partial charge in [-0.15, -0.1) is 0 Å². The van der Waals surface area contributed by atoms with Crippen molar-refractivity contribution in [2.75, 3.05) is 13.1 Å². The second-order valence-electron chi connectivity index (χ2n) is 4.15. The van der Waals surface area contributed by atoms with E-state index in [0.29, 0.717) is 23.6 Å². The minimum Gasteiger partial charge on any atom is -0.393 e. The van der Waals surface area contributed by atoms with Crippen molar-refractivity contribution in [2.45, 2.75) is 13.8 Å². The van der Waals surface area contributed by atoms with Crippen molar-refractivity contribution < 1.29 is 9.18 Å². The molecule has 0 radical (unpaired) electrons. The molecule has 1 unspecified atom stereocenters. The number of hydrogen-bond acceptors (Lipinski definition) is 2. The zero-order valence-corrected chi connectivity index (χ0v) is 11.3. The lowest BCUT2D eigenvalue weighted by molar-refractivity contribution is 0.0755. The standard InChI is InChI=1S/C13H17FN2OS/c1-3-16(8-9(2)12(15)18)13(17)10-4-6-11(14)7-5-10/h4-7,9H,3,8H2,1-2H3,(H2,15,18). The van der Waals surface area contributed by atoms with E-state index < -0.39 is 0 Å². The molecule has 0 aromatic heterocycles. The van der Waals surface area contributed by atoms with Gasteiger partial charge < -0.3 is 10.6 Å². The predicted molar refractivity (Wildman–Crippen MR) is 73.9 cm³/mol. The first-order valence-corrected chi connectivity index (χ1v) is 6.20. The molecule has 0 spiro atoms. The lowest BCUT2D eigenvalue weighted by atomic mass is 10.1. The van der Waals surface area contributed by atoms with E-state index in [2.05, 4.69) is 0 Å². The lowest BCUT2D eigenvalue weighted by Gasteiger charge is -2.24. The molecule has 1 aromatic rings. The van der Waals surface area contributed by atoms with E-state index in [1.807, 2.05) is 13.8 Å². The molecule has 0 bridgehead atoms. The summed E-state index contributed by atoms with van der Waals surface area (Å²) in [7, 11) is 0. The maximum absolute atomic E-state index is 12.8. The van der Waals surface area contributed by atoms with E-state index in [1.165, 1.54) is 24.3 Å². The van der Waals surface area contributed by atoms with Crippen molar-refractivity contribution in [2.24, 2.45) is 11.7 Å². The summed E-state index contributed by atoms with van der Waals surface area (Å²) in [4.78, 5) is 14.2. The largest absolute Gasteiger partial charge is 0.393 e. The highest BCUT2D eigenvalue weighted by molar-refractivity contribution is 7.80. The van der Waals surface area contributed by atoms with Crippen molar-refractivity contribution in [3.63, 3.8) is 0 Å². The van der Waals surface area contributed by atoms with Crippen LogP contribution >= 0.6 is 12.2 Å². The Hall–Kier alpha value is -1.49. The van der Waals surface area contributed by atoms with Crippen LogP contribution in [-0.4, -0.2) is 28.9 Å². The van der Waals surface area contributed by atoms with Crippen LogP contribution in [0.1, 0.15) is 24.2 Å². The SMILES string of the molecule is CCN(CC(C)C(N)=S)C(=O)c1ccc(F)cc1. The van der Waals surface area contributed by atoms with Crippen LogP contribution in [0.25, 0.3) is 0 Å². The summed E-state index contributed by atoms with van der Waals surface area (Å²) in [5.41, 5.74) is 6.01. The van der Waals surface area contributed by atoms with Gasteiger partial charge in [0.05, 0.1) is 4.99 Å². The van der Waals surface area contributed by atoms with Crippen LogP contribution in [0.5, 0.6) is 0 Å². The van der Waals surface area contributed by atoms with Gasteiger partial charge in [-0.1, -0.05) is 19.1 Å². The Morgan fingerprint density at radius 2 is 2.00 bits per heavy atom. The zero-order chi connectivity index (χ0) is 13.7. The van der Waals surface area contributed by atoms with Gasteiger partial charge in [0.1, 0.15) is 5.82 Å². The van der Waals surface area contributed by atoms with Gasteiger partial charge in [-0.05, 0) is 31.2 Å². The van der Waals surface area contributed by atoms with Crippen molar-refractivity contribution in [1.82, 2.24) is 4.90 Å². The lowest BCUT2D eigenvalue weighted by Crippen LogP contribution is -2.38. The maximum Gasteiger partial charge on any atom is 0.253 e. The summed E-state index contributed by atoms with van der Waals surface area (Å²) in [5, 5.41) is 0. The Bertz CT molecular complexity index is 433. The quantitative estimate of drug-likeness (QED) is 0.833. The van der Waals surface area contributed by atoms with Crippen molar-refractivity contribution in [1.29, 1.82) is 0 Å². The molecule has 1 rings (SSSR count). The van der Waals surface area contributed by atoms with E-state index in [-0.39, 0.29) is 17.6 Å². The molecule has 0 aliphatic heterocycles. The number of carbonyl (C=O) groups excluding carboxylic acids is 1. The summed E-state index contributed by atoms with van der Waals surface area (Å²) in [6, 6.07) is 5.51. The first-order chi connectivity index (χ1) is 8.45. The Kier molecular flexibility index (Phi) is 5.22. The van der Waals surface area contributed by atoms with Crippen LogP contribution in [-0.2, 0) is 0 Å². The maximum atomic E-state index is 12.8. The van der Waals surface area contributed by atoms with E-state index in [0.717, 1.165) is 0 Å². The summed E-state index contributed by atoms with van der Waals surface area (Å²) in [6.45, 7) is 4.79. The third-order valence-electron chi connectivity index (χ3n) is 2.74. The van der Waals surface area contributed by atoms with E-state index >= 15 is 0 Å². The van der Waals surface area contributed by atoms with Crippen LogP contribution in [0.3, 0.4) is 0 Å². The van der Waals surface area contributed by atoms with Gasteiger partial charge in [-0.3, -0.25) is 4.79 Å². The molecule has 1 amide bonds. The van der Waals surface area contributed by atoms with Gasteiger partial charge in [0.25, 0.3) is 5.91 Å². The molecule has 18 heavy (non-hydrogen) atoms. The van der Waals surface area contributed by atoms with Gasteiger partial charge in [0.2, 0.25) is 0 Å². The summed E-state index contributed by atoms with van der Waals surface area (Å²) in [6.07, 6.45) is 0. The number of nitrogens with zero attached hydrogens (tertiary/aromatic N) is 1. The third kappa shape index (κ3) is 3.77. The molecule has 98 valence electrons. The van der Waals surface area contributed by atoms with Crippen molar-refractivity contribution in [3.8, 4) is 0 Å². The van der Waals surface area contributed by atoms with Crippen LogP contribution in [0.2, 0.25) is 0 Å². The number of carbonyl (C=O) groups is 1. The fraction of sp³-hybridized carbons (Fsp3) is 0.385. The fourth-order valence-corrected chi connectivity index (χ4v) is 1.63. The molecule has 0 aliphatic rings. The number of nitrogens with two attached hydrogens (primary N) is 1. The highest BCUT2D eigenvalue weighted by Crippen LogP contribution is 2.09. The molecule has 0 saturated heterocycles. The van der Waals surface area contributed by atoms with E-state index in [9.17, 15) is 9.18 Å². The van der Waals surface area contributed by atoms with E-state index in [4.69, 9.17) is 18.0 Å². The van der Waals surface area contributed by atoms with Gasteiger partial charge >= 0.3 is 0 Å². The fourth-order valence-electron chi connectivity index (χ4n) is 1.55. The van der Waals surface area contributed by atoms with Gasteiger partial charge in [0, 0.05) is 24.6 Å². The molecule has 0 aliphatic carbocycles. The minimum absolute atomic E-state index is 0.0376. The van der Waals surface area contributed by atoms with Crippen LogP contribution < -0.4 is 5.73 Å². The number of thiocarbonyl (C=S) groups is 1. The first-order valence-electron chi connectivity index (χ1n) is 5.79. The smallest absolute Gasteiger partial charge is 0.253 e. The summed E-state index contributed by atoms with van der Waals surface area (Å²) in [5.74, 6) is -0.531. The molecule has 5 heteroatoms. The van der Waals surface area contributed by atoms with Crippen LogP contribution in [0.4, 0.5) is 4.39 Å². The number of amides is 1. The molecule has 0 saturated carbocycles. The Labute approximate surface area is 112 Å². The van der Waals surface area contributed by atoms with Crippen LogP contribution in [0, 0.1) is 11.7 Å². The van der Waals surface area contributed by atoms with Gasteiger partial charge in [0.15, 0.2) is 0 Å². The topological polar surface area (TPSA) is 46.3 Å². The molecule has 1 aromatic carbocycles. The Morgan fingerprint density at radius 1 is 1.44 bits per heavy atom. The van der Waals surface area contributed by atoms with Gasteiger partial charge in [-0.2, -0.15) is 0 Å². The number of hydrogen-bond donors (Lipinski definition) is 1. The minimum atomic E-state index is -0.355. The molecule has 0 fully saturated rings. The Morgan fingerprint density at radius 3 is 2.44 bits per heavy atom. The average molecular weight is 268 g/mol. The molecular weight excluding hydrogens is 251 g/mol. The Balaban J connectivity index is 2.79. The molecule has 1 atom stereocenters. The van der Waals surface area contributed by atoms with Gasteiger partial charge in [-0.25, -0.2) is 4.39 Å². The van der Waals surface area contributed by atoms with Crippen LogP contribution in [0.15, 0.2) is 24.3 Å². The second kappa shape index (κ2) is 6.44. The number of rotatable bonds is 5. The molecule has 0 heterocycles. The highest BCUT2D eigenvalue weighted by atomic mass is 32.1. The van der Waals surface area contributed by atoms with Crippen molar-refractivity contribution in [3.05, 3.63) is 35.6 Å². The molecule has 3 nitrogen and oxygen atoms in total. The summed E-state index contributed by atoms with van der Waals surface area (Å²) >= 11 is 4.90. The van der Waals surface area contributed by atoms with E-state index in [1.54, 1.807) is 4.90 Å². The highest BCUT2D eigenvalue weighted by Gasteiger charge is 2.17.